The summed E-state index contributed by atoms with van der Waals surface area (Å²) in [4.78, 5) is 4.58. The maximum atomic E-state index is 6.02. The first-order valence-electron chi connectivity index (χ1n) is 8.29. The van der Waals surface area contributed by atoms with Crippen LogP contribution < -0.4 is 11.1 Å². The third kappa shape index (κ3) is 4.13. The highest BCUT2D eigenvalue weighted by Crippen LogP contribution is 2.36. The lowest BCUT2D eigenvalue weighted by atomic mass is 9.87. The zero-order chi connectivity index (χ0) is 16.1. The van der Waals surface area contributed by atoms with E-state index < -0.39 is 0 Å². The predicted octanol–water partition coefficient (Wildman–Crippen LogP) is 2.94. The van der Waals surface area contributed by atoms with Crippen LogP contribution >= 0.6 is 0 Å². The zero-order valence-corrected chi connectivity index (χ0v) is 13.8. The molecule has 1 aliphatic carbocycles. The molecule has 0 amide bonds. The molecule has 2 aromatic carbocycles. The fraction of sp³-hybridized carbons (Fsp3) is 0.350. The Hall–Kier alpha value is -2.29. The van der Waals surface area contributed by atoms with E-state index in [1.165, 1.54) is 16.7 Å². The summed E-state index contributed by atoms with van der Waals surface area (Å²) in [7, 11) is 0. The maximum absolute atomic E-state index is 6.02. The van der Waals surface area contributed by atoms with Crippen LogP contribution in [-0.2, 0) is 19.3 Å². The van der Waals surface area contributed by atoms with Crippen LogP contribution in [0.2, 0.25) is 0 Å². The number of guanidine groups is 1. The molecule has 0 saturated heterocycles. The number of fused-ring (bicyclic) bond motifs is 1. The molecule has 2 aromatic rings. The number of benzene rings is 2. The first-order chi connectivity index (χ1) is 11.1. The number of nitrogens with zero attached hydrogens (tertiary/aromatic N) is 1. The van der Waals surface area contributed by atoms with Gasteiger partial charge in [-0.2, -0.15) is 0 Å². The van der Waals surface area contributed by atoms with Gasteiger partial charge in [-0.3, -0.25) is 4.99 Å². The van der Waals surface area contributed by atoms with Gasteiger partial charge < -0.3 is 11.1 Å². The van der Waals surface area contributed by atoms with Crippen molar-refractivity contribution in [1.29, 1.82) is 0 Å². The van der Waals surface area contributed by atoms with Gasteiger partial charge in [0, 0.05) is 13.1 Å². The molecule has 3 heteroatoms. The molecule has 1 aliphatic rings. The molecule has 0 fully saturated rings. The lowest BCUT2D eigenvalue weighted by molar-refractivity contribution is 0.360. The molecule has 0 aliphatic heterocycles. The summed E-state index contributed by atoms with van der Waals surface area (Å²) in [6, 6.07) is 19.1. The van der Waals surface area contributed by atoms with E-state index in [0.29, 0.717) is 5.96 Å². The normalized spacial score (nSPS) is 16.1. The largest absolute Gasteiger partial charge is 0.370 e. The second-order valence-electron chi connectivity index (χ2n) is 6.80. The van der Waals surface area contributed by atoms with Crippen LogP contribution in [0.3, 0.4) is 0 Å². The summed E-state index contributed by atoms with van der Waals surface area (Å²) in [6.07, 6.45) is 3.13. The van der Waals surface area contributed by atoms with Crippen molar-refractivity contribution < 1.29 is 0 Å². The van der Waals surface area contributed by atoms with Gasteiger partial charge in [-0.05, 0) is 41.4 Å². The Balaban J connectivity index is 1.48. The standard InChI is InChI=1S/C20H25N3/c1-20(13-17-9-5-6-10-18(17)14-20)15-23-19(21)22-12-11-16-7-3-2-4-8-16/h2-10H,11-15H2,1H3,(H3,21,22,23). The smallest absolute Gasteiger partial charge is 0.188 e. The number of hydrogen-bond acceptors (Lipinski definition) is 1. The van der Waals surface area contributed by atoms with E-state index in [1.54, 1.807) is 0 Å². The van der Waals surface area contributed by atoms with Crippen molar-refractivity contribution >= 4 is 5.96 Å². The van der Waals surface area contributed by atoms with E-state index in [4.69, 9.17) is 5.73 Å². The average molecular weight is 307 g/mol. The Morgan fingerprint density at radius 3 is 2.30 bits per heavy atom. The topological polar surface area (TPSA) is 50.4 Å². The van der Waals surface area contributed by atoms with Gasteiger partial charge in [-0.25, -0.2) is 0 Å². The van der Waals surface area contributed by atoms with Crippen LogP contribution in [0.5, 0.6) is 0 Å². The lowest BCUT2D eigenvalue weighted by Crippen LogP contribution is -2.34. The molecule has 0 bridgehead atoms. The van der Waals surface area contributed by atoms with Gasteiger partial charge in [0.05, 0.1) is 0 Å². The molecule has 0 atom stereocenters. The van der Waals surface area contributed by atoms with Crippen molar-refractivity contribution in [2.24, 2.45) is 16.1 Å². The number of nitrogens with one attached hydrogen (secondary N) is 1. The molecule has 23 heavy (non-hydrogen) atoms. The Bertz CT molecular complexity index is 651. The fourth-order valence-electron chi connectivity index (χ4n) is 3.31. The Kier molecular flexibility index (Phi) is 4.65. The van der Waals surface area contributed by atoms with Crippen molar-refractivity contribution in [3.63, 3.8) is 0 Å². The molecule has 0 spiro atoms. The van der Waals surface area contributed by atoms with Crippen LogP contribution in [0.25, 0.3) is 0 Å². The Labute approximate surface area is 138 Å². The second-order valence-corrected chi connectivity index (χ2v) is 6.80. The van der Waals surface area contributed by atoms with E-state index in [2.05, 4.69) is 65.8 Å². The van der Waals surface area contributed by atoms with Crippen LogP contribution in [0.4, 0.5) is 0 Å². The van der Waals surface area contributed by atoms with Crippen LogP contribution in [-0.4, -0.2) is 19.0 Å². The summed E-state index contributed by atoms with van der Waals surface area (Å²) < 4.78 is 0. The molecule has 3 rings (SSSR count). The summed E-state index contributed by atoms with van der Waals surface area (Å²) in [5.41, 5.74) is 10.4. The molecule has 120 valence electrons. The molecular weight excluding hydrogens is 282 g/mol. The van der Waals surface area contributed by atoms with Gasteiger partial charge in [-0.15, -0.1) is 0 Å². The van der Waals surface area contributed by atoms with Gasteiger partial charge in [0.1, 0.15) is 0 Å². The minimum absolute atomic E-state index is 0.190. The molecule has 0 radical (unpaired) electrons. The molecule has 0 saturated carbocycles. The lowest BCUT2D eigenvalue weighted by Gasteiger charge is -2.21. The molecule has 0 aromatic heterocycles. The number of rotatable bonds is 5. The SMILES string of the molecule is CC1(CN=C(N)NCCc2ccccc2)Cc2ccccc2C1. The van der Waals surface area contributed by atoms with E-state index >= 15 is 0 Å². The highest BCUT2D eigenvalue weighted by atomic mass is 15.1. The number of aliphatic imine (C=N–C) groups is 1. The minimum atomic E-state index is 0.190. The Morgan fingerprint density at radius 1 is 1.04 bits per heavy atom. The van der Waals surface area contributed by atoms with E-state index in [-0.39, 0.29) is 5.41 Å². The van der Waals surface area contributed by atoms with E-state index in [9.17, 15) is 0 Å². The van der Waals surface area contributed by atoms with Crippen LogP contribution in [0.1, 0.15) is 23.6 Å². The maximum Gasteiger partial charge on any atom is 0.188 e. The van der Waals surface area contributed by atoms with Gasteiger partial charge >= 0.3 is 0 Å². The summed E-state index contributed by atoms with van der Waals surface area (Å²) in [6.45, 7) is 3.88. The third-order valence-electron chi connectivity index (χ3n) is 4.55. The summed E-state index contributed by atoms with van der Waals surface area (Å²) >= 11 is 0. The van der Waals surface area contributed by atoms with Gasteiger partial charge in [0.2, 0.25) is 0 Å². The van der Waals surface area contributed by atoms with E-state index in [1.807, 2.05) is 6.07 Å². The molecule has 0 heterocycles. The first kappa shape index (κ1) is 15.6. The van der Waals surface area contributed by atoms with Crippen molar-refractivity contribution in [1.82, 2.24) is 5.32 Å². The highest BCUT2D eigenvalue weighted by Gasteiger charge is 2.32. The molecular formula is C20H25N3. The number of nitrogens with two attached hydrogens (primary N) is 1. The fourth-order valence-corrected chi connectivity index (χ4v) is 3.31. The quantitative estimate of drug-likeness (QED) is 0.659. The van der Waals surface area contributed by atoms with Crippen LogP contribution in [0, 0.1) is 5.41 Å². The van der Waals surface area contributed by atoms with Crippen molar-refractivity contribution in [3.8, 4) is 0 Å². The zero-order valence-electron chi connectivity index (χ0n) is 13.8. The monoisotopic (exact) mass is 307 g/mol. The minimum Gasteiger partial charge on any atom is -0.370 e. The third-order valence-corrected chi connectivity index (χ3v) is 4.55. The summed E-state index contributed by atoms with van der Waals surface area (Å²) in [5, 5.41) is 3.22. The predicted molar refractivity (Wildman–Crippen MR) is 96.6 cm³/mol. The van der Waals surface area contributed by atoms with Crippen molar-refractivity contribution in [2.45, 2.75) is 26.2 Å². The van der Waals surface area contributed by atoms with Crippen molar-refractivity contribution in [2.75, 3.05) is 13.1 Å². The molecule has 3 N–H and O–H groups in total. The van der Waals surface area contributed by atoms with Gasteiger partial charge in [0.15, 0.2) is 5.96 Å². The van der Waals surface area contributed by atoms with Gasteiger partial charge in [-0.1, -0.05) is 61.5 Å². The summed E-state index contributed by atoms with van der Waals surface area (Å²) in [5.74, 6) is 0.554. The second kappa shape index (κ2) is 6.86. The average Bonchev–Trinajstić information content (AvgIpc) is 2.91. The van der Waals surface area contributed by atoms with Gasteiger partial charge in [0.25, 0.3) is 0 Å². The Morgan fingerprint density at radius 2 is 1.65 bits per heavy atom. The van der Waals surface area contributed by atoms with E-state index in [0.717, 1.165) is 32.4 Å². The first-order valence-corrected chi connectivity index (χ1v) is 8.29. The number of hydrogen-bond donors (Lipinski definition) is 2. The molecule has 3 nitrogen and oxygen atoms in total. The van der Waals surface area contributed by atoms with Crippen LogP contribution in [0.15, 0.2) is 59.6 Å². The highest BCUT2D eigenvalue weighted by molar-refractivity contribution is 5.77. The molecule has 0 unspecified atom stereocenters. The van der Waals surface area contributed by atoms with Crippen molar-refractivity contribution in [3.05, 3.63) is 71.3 Å².